The molecule has 2 saturated heterocycles. The number of imide groups is 1. The van der Waals surface area contributed by atoms with Crippen molar-refractivity contribution in [2.24, 2.45) is 5.92 Å². The monoisotopic (exact) mass is 572 g/mol. The summed E-state index contributed by atoms with van der Waals surface area (Å²) >= 11 is 24.8. The number of nitrogens with zero attached hydrogens (tertiary/aromatic N) is 2. The number of furan rings is 1. The lowest BCUT2D eigenvalue weighted by molar-refractivity contribution is -0.126. The number of hydrogen-bond donors (Lipinski definition) is 0. The second kappa shape index (κ2) is 9.39. The SMILES string of the molecule is O=C1[C@H]2[C@@H](c3ccc(-c4cc(Cl)ccc4Cl)o3)N(c3ccccc3)O[C@H]2C(=O)N1c1ccc(Cl)c(Cl)c1. The Morgan fingerprint density at radius 1 is 0.703 bits per heavy atom. The van der Waals surface area contributed by atoms with Crippen molar-refractivity contribution < 1.29 is 18.8 Å². The van der Waals surface area contributed by atoms with Crippen LogP contribution >= 0.6 is 46.4 Å². The van der Waals surface area contributed by atoms with E-state index in [0.717, 1.165) is 4.90 Å². The van der Waals surface area contributed by atoms with Gasteiger partial charge in [-0.25, -0.2) is 9.96 Å². The van der Waals surface area contributed by atoms with Gasteiger partial charge in [-0.3, -0.25) is 14.4 Å². The van der Waals surface area contributed by atoms with Crippen LogP contribution in [0.5, 0.6) is 0 Å². The molecular weight excluding hydrogens is 558 g/mol. The van der Waals surface area contributed by atoms with E-state index >= 15 is 0 Å². The number of fused-ring (bicyclic) bond motifs is 1. The van der Waals surface area contributed by atoms with E-state index in [-0.39, 0.29) is 5.02 Å². The van der Waals surface area contributed by atoms with E-state index in [9.17, 15) is 9.59 Å². The van der Waals surface area contributed by atoms with Gasteiger partial charge >= 0.3 is 0 Å². The molecule has 2 aliphatic heterocycles. The molecule has 0 radical (unpaired) electrons. The van der Waals surface area contributed by atoms with Crippen LogP contribution in [0.3, 0.4) is 0 Å². The van der Waals surface area contributed by atoms with Crippen molar-refractivity contribution in [2.75, 3.05) is 9.96 Å². The first kappa shape index (κ1) is 24.3. The van der Waals surface area contributed by atoms with Gasteiger partial charge in [0.15, 0.2) is 6.10 Å². The Kier molecular flexibility index (Phi) is 6.18. The summed E-state index contributed by atoms with van der Waals surface area (Å²) in [5.41, 5.74) is 1.59. The first-order chi connectivity index (χ1) is 17.8. The predicted molar refractivity (Wildman–Crippen MR) is 143 cm³/mol. The molecule has 0 bridgehead atoms. The minimum absolute atomic E-state index is 0.231. The number of hydrogen-bond acceptors (Lipinski definition) is 5. The van der Waals surface area contributed by atoms with E-state index < -0.39 is 29.9 Å². The highest BCUT2D eigenvalue weighted by Crippen LogP contribution is 2.49. The summed E-state index contributed by atoms with van der Waals surface area (Å²) in [7, 11) is 0. The number of amides is 2. The normalized spacial score (nSPS) is 21.1. The summed E-state index contributed by atoms with van der Waals surface area (Å²) in [6.07, 6.45) is -1.06. The van der Waals surface area contributed by atoms with E-state index in [0.29, 0.717) is 43.5 Å². The van der Waals surface area contributed by atoms with Gasteiger partial charge in [0.05, 0.1) is 26.4 Å². The summed E-state index contributed by atoms with van der Waals surface area (Å²) in [5, 5.41) is 3.07. The number of carbonyl (C=O) groups is 2. The minimum atomic E-state index is -1.06. The van der Waals surface area contributed by atoms with Gasteiger partial charge in [0.2, 0.25) is 5.91 Å². The van der Waals surface area contributed by atoms with Crippen LogP contribution in [0.4, 0.5) is 11.4 Å². The van der Waals surface area contributed by atoms with Gasteiger partial charge in [0.25, 0.3) is 5.91 Å². The number of rotatable bonds is 4. The van der Waals surface area contributed by atoms with Gasteiger partial charge < -0.3 is 4.42 Å². The third kappa shape index (κ3) is 4.10. The number of halogens is 4. The number of carbonyl (C=O) groups excluding carboxylic acids is 2. The fourth-order valence-corrected chi connectivity index (χ4v) is 5.40. The molecule has 6 rings (SSSR count). The molecule has 6 nitrogen and oxygen atoms in total. The number of anilines is 2. The van der Waals surface area contributed by atoms with E-state index in [1.54, 1.807) is 41.5 Å². The van der Waals surface area contributed by atoms with Crippen LogP contribution in [-0.4, -0.2) is 17.9 Å². The van der Waals surface area contributed by atoms with Crippen LogP contribution in [-0.2, 0) is 14.4 Å². The molecule has 0 saturated carbocycles. The molecule has 37 heavy (non-hydrogen) atoms. The first-order valence-electron chi connectivity index (χ1n) is 11.2. The number of benzene rings is 3. The second-order valence-electron chi connectivity index (χ2n) is 8.59. The smallest absolute Gasteiger partial charge is 0.266 e. The Labute approximate surface area is 231 Å². The zero-order valence-electron chi connectivity index (χ0n) is 18.8. The Hall–Kier alpha value is -3.00. The summed E-state index contributed by atoms with van der Waals surface area (Å²) in [4.78, 5) is 34.5. The molecule has 10 heteroatoms. The zero-order chi connectivity index (χ0) is 25.8. The molecule has 3 atom stereocenters. The van der Waals surface area contributed by atoms with Gasteiger partial charge in [0.1, 0.15) is 23.5 Å². The highest BCUT2D eigenvalue weighted by Gasteiger charge is 2.61. The largest absolute Gasteiger partial charge is 0.459 e. The predicted octanol–water partition coefficient (Wildman–Crippen LogP) is 7.61. The summed E-state index contributed by atoms with van der Waals surface area (Å²) in [5.74, 6) is -0.912. The van der Waals surface area contributed by atoms with E-state index in [1.165, 1.54) is 12.1 Å². The Balaban J connectivity index is 1.43. The summed E-state index contributed by atoms with van der Waals surface area (Å²) < 4.78 is 6.22. The lowest BCUT2D eigenvalue weighted by Crippen LogP contribution is -2.37. The van der Waals surface area contributed by atoms with Crippen LogP contribution in [0, 0.1) is 5.92 Å². The second-order valence-corrected chi connectivity index (χ2v) is 10.3. The van der Waals surface area contributed by atoms with Gasteiger partial charge in [-0.05, 0) is 60.7 Å². The molecule has 2 amide bonds. The van der Waals surface area contributed by atoms with E-state index in [1.807, 2.05) is 30.3 Å². The van der Waals surface area contributed by atoms with Crippen molar-refractivity contribution in [1.29, 1.82) is 0 Å². The average molecular weight is 574 g/mol. The maximum Gasteiger partial charge on any atom is 0.266 e. The quantitative estimate of drug-likeness (QED) is 0.235. The number of para-hydroxylation sites is 1. The highest BCUT2D eigenvalue weighted by molar-refractivity contribution is 6.42. The van der Waals surface area contributed by atoms with Crippen molar-refractivity contribution in [3.63, 3.8) is 0 Å². The van der Waals surface area contributed by atoms with Crippen LogP contribution in [0.1, 0.15) is 11.8 Å². The van der Waals surface area contributed by atoms with Crippen molar-refractivity contribution >= 4 is 69.6 Å². The van der Waals surface area contributed by atoms with E-state index in [2.05, 4.69) is 0 Å². The highest BCUT2D eigenvalue weighted by atomic mass is 35.5. The Morgan fingerprint density at radius 3 is 2.22 bits per heavy atom. The first-order valence-corrected chi connectivity index (χ1v) is 12.7. The van der Waals surface area contributed by atoms with Crippen LogP contribution in [0.2, 0.25) is 20.1 Å². The van der Waals surface area contributed by atoms with Gasteiger partial charge in [-0.2, -0.15) is 0 Å². The van der Waals surface area contributed by atoms with Crippen LogP contribution in [0.25, 0.3) is 11.3 Å². The Morgan fingerprint density at radius 2 is 1.46 bits per heavy atom. The topological polar surface area (TPSA) is 63.0 Å². The van der Waals surface area contributed by atoms with Crippen molar-refractivity contribution in [3.8, 4) is 11.3 Å². The molecule has 1 aromatic heterocycles. The standard InChI is InChI=1S/C27H16Cl4N2O4/c28-14-6-8-18(29)17(12-14)21-10-11-22(36-21)24-23-25(37-33(24)15-4-2-1-3-5-15)27(35)32(26(23)34)16-7-9-19(30)20(31)13-16/h1-13,23-25H/t23-,24+,25+/m0/s1. The molecule has 4 aromatic rings. The van der Waals surface area contributed by atoms with Crippen molar-refractivity contribution in [3.05, 3.63) is 105 Å². The summed E-state index contributed by atoms with van der Waals surface area (Å²) in [6, 6.07) is 21.6. The van der Waals surface area contributed by atoms with Gasteiger partial charge in [0, 0.05) is 10.6 Å². The third-order valence-electron chi connectivity index (χ3n) is 6.40. The van der Waals surface area contributed by atoms with Gasteiger partial charge in [-0.15, -0.1) is 0 Å². The lowest BCUT2D eigenvalue weighted by atomic mass is 9.94. The maximum atomic E-state index is 13.8. The molecular formula is C27H16Cl4N2O4. The molecule has 0 unspecified atom stereocenters. The fourth-order valence-electron chi connectivity index (χ4n) is 4.72. The molecule has 0 spiro atoms. The molecule has 3 heterocycles. The fraction of sp³-hybridized carbons (Fsp3) is 0.111. The minimum Gasteiger partial charge on any atom is -0.459 e. The lowest BCUT2D eigenvalue weighted by Gasteiger charge is -2.27. The van der Waals surface area contributed by atoms with Crippen LogP contribution < -0.4 is 9.96 Å². The molecule has 186 valence electrons. The molecule has 2 fully saturated rings. The molecule has 0 aliphatic carbocycles. The molecule has 3 aromatic carbocycles. The van der Waals surface area contributed by atoms with E-state index in [4.69, 9.17) is 55.7 Å². The molecule has 2 aliphatic rings. The number of hydroxylamine groups is 1. The summed E-state index contributed by atoms with van der Waals surface area (Å²) in [6.45, 7) is 0. The maximum absolute atomic E-state index is 13.8. The third-order valence-corrected chi connectivity index (χ3v) is 7.70. The van der Waals surface area contributed by atoms with Crippen molar-refractivity contribution in [1.82, 2.24) is 0 Å². The molecule has 0 N–H and O–H groups in total. The Bertz CT molecular complexity index is 1540. The van der Waals surface area contributed by atoms with Gasteiger partial charge in [-0.1, -0.05) is 64.6 Å². The van der Waals surface area contributed by atoms with Crippen molar-refractivity contribution in [2.45, 2.75) is 12.1 Å². The zero-order valence-corrected chi connectivity index (χ0v) is 21.8. The van der Waals surface area contributed by atoms with Crippen LogP contribution in [0.15, 0.2) is 83.3 Å². The average Bonchev–Trinajstić information content (AvgIpc) is 3.58.